The smallest absolute Gasteiger partial charge is 0.213 e. The average Bonchev–Trinajstić information content (AvgIpc) is 3.07. The lowest BCUT2D eigenvalue weighted by molar-refractivity contribution is 0.289. The molecule has 0 fully saturated rings. The first-order valence-electron chi connectivity index (χ1n) is 8.65. The number of ether oxygens (including phenoxy) is 2. The van der Waals surface area contributed by atoms with Gasteiger partial charge in [0.1, 0.15) is 18.2 Å². The van der Waals surface area contributed by atoms with E-state index >= 15 is 0 Å². The van der Waals surface area contributed by atoms with Crippen LogP contribution in [0, 0.1) is 0 Å². The van der Waals surface area contributed by atoms with Crippen LogP contribution < -0.4 is 9.47 Å². The van der Waals surface area contributed by atoms with Crippen molar-refractivity contribution in [2.75, 3.05) is 7.11 Å². The summed E-state index contributed by atoms with van der Waals surface area (Å²) in [6.45, 7) is 0.834. The number of fused-ring (bicyclic) bond motifs is 1. The molecule has 0 atom stereocenters. The normalized spacial score (nSPS) is 11.0. The highest BCUT2D eigenvalue weighted by atomic mass is 35.5. The molecule has 0 saturated heterocycles. The fourth-order valence-electron chi connectivity index (χ4n) is 2.97. The van der Waals surface area contributed by atoms with Crippen molar-refractivity contribution < 1.29 is 9.47 Å². The first-order valence-corrected chi connectivity index (χ1v) is 9.40. The fraction of sp³-hybridized carbons (Fsp3) is 0.143. The van der Waals surface area contributed by atoms with Gasteiger partial charge in [-0.05, 0) is 42.0 Å². The van der Waals surface area contributed by atoms with E-state index in [2.05, 4.69) is 9.55 Å². The zero-order valence-electron chi connectivity index (χ0n) is 15.1. The number of pyridine rings is 1. The molecule has 0 unspecified atom stereocenters. The number of aromatic nitrogens is 3. The van der Waals surface area contributed by atoms with Gasteiger partial charge in [-0.25, -0.2) is 9.97 Å². The molecule has 4 rings (SSSR count). The van der Waals surface area contributed by atoms with Gasteiger partial charge in [0.2, 0.25) is 5.88 Å². The largest absolute Gasteiger partial charge is 0.484 e. The van der Waals surface area contributed by atoms with Crippen LogP contribution in [-0.4, -0.2) is 21.6 Å². The number of halogens is 2. The molecule has 0 saturated carbocycles. The van der Waals surface area contributed by atoms with Crippen LogP contribution in [0.2, 0.25) is 10.0 Å². The molecule has 5 nitrogen and oxygen atoms in total. The highest BCUT2D eigenvalue weighted by molar-refractivity contribution is 6.33. The SMILES string of the molecule is COc1ccc(OCc2nc3ccccc3n2Cc2cc(Cl)ccc2Cl)cn1. The quantitative estimate of drug-likeness (QED) is 0.426. The second-order valence-electron chi connectivity index (χ2n) is 6.16. The third-order valence-corrected chi connectivity index (χ3v) is 4.96. The van der Waals surface area contributed by atoms with Gasteiger partial charge in [0.05, 0.1) is 30.9 Å². The van der Waals surface area contributed by atoms with Gasteiger partial charge in [-0.1, -0.05) is 35.3 Å². The molecule has 0 aliphatic rings. The molecule has 4 aromatic rings. The van der Waals surface area contributed by atoms with Gasteiger partial charge in [0, 0.05) is 16.1 Å². The Kier molecular flexibility index (Phi) is 5.37. The van der Waals surface area contributed by atoms with E-state index in [1.807, 2.05) is 36.4 Å². The number of para-hydroxylation sites is 2. The van der Waals surface area contributed by atoms with Crippen LogP contribution in [0.25, 0.3) is 11.0 Å². The summed E-state index contributed by atoms with van der Waals surface area (Å²) < 4.78 is 13.1. The number of imidazole rings is 1. The van der Waals surface area contributed by atoms with E-state index in [1.54, 1.807) is 31.5 Å². The highest BCUT2D eigenvalue weighted by Gasteiger charge is 2.13. The molecule has 0 amide bonds. The number of rotatable bonds is 6. The monoisotopic (exact) mass is 413 g/mol. The van der Waals surface area contributed by atoms with Gasteiger partial charge in [-0.15, -0.1) is 0 Å². The van der Waals surface area contributed by atoms with Gasteiger partial charge >= 0.3 is 0 Å². The Bertz CT molecular complexity index is 1110. The molecule has 2 heterocycles. The Hall–Kier alpha value is -2.76. The van der Waals surface area contributed by atoms with Gasteiger partial charge in [-0.2, -0.15) is 0 Å². The van der Waals surface area contributed by atoms with Crippen molar-refractivity contribution >= 4 is 34.2 Å². The summed E-state index contributed by atoms with van der Waals surface area (Å²) in [5.74, 6) is 1.96. The van der Waals surface area contributed by atoms with Gasteiger partial charge in [0.25, 0.3) is 0 Å². The topological polar surface area (TPSA) is 49.2 Å². The number of hydrogen-bond donors (Lipinski definition) is 0. The molecule has 2 aromatic carbocycles. The predicted octanol–water partition coefficient (Wildman–Crippen LogP) is 5.37. The van der Waals surface area contributed by atoms with Crippen molar-refractivity contribution in [1.82, 2.24) is 14.5 Å². The number of benzene rings is 2. The first kappa shape index (κ1) is 18.6. The maximum absolute atomic E-state index is 6.37. The molecule has 2 aromatic heterocycles. The average molecular weight is 414 g/mol. The Morgan fingerprint density at radius 3 is 2.68 bits per heavy atom. The number of hydrogen-bond acceptors (Lipinski definition) is 4. The second-order valence-corrected chi connectivity index (χ2v) is 7.01. The molecule has 0 aliphatic carbocycles. The first-order chi connectivity index (χ1) is 13.6. The summed E-state index contributed by atoms with van der Waals surface area (Å²) in [6, 6.07) is 17.0. The molecular formula is C21H17Cl2N3O2. The van der Waals surface area contributed by atoms with E-state index in [-0.39, 0.29) is 0 Å². The second kappa shape index (κ2) is 8.09. The molecule has 0 N–H and O–H groups in total. The van der Waals surface area contributed by atoms with Crippen LogP contribution in [0.1, 0.15) is 11.4 Å². The molecule has 142 valence electrons. The van der Waals surface area contributed by atoms with Crippen LogP contribution in [0.4, 0.5) is 0 Å². The van der Waals surface area contributed by atoms with Gasteiger partial charge in [0.15, 0.2) is 0 Å². The molecule has 7 heteroatoms. The Morgan fingerprint density at radius 1 is 1.04 bits per heavy atom. The molecular weight excluding hydrogens is 397 g/mol. The minimum Gasteiger partial charge on any atom is -0.484 e. The van der Waals surface area contributed by atoms with E-state index in [1.165, 1.54) is 0 Å². The third-order valence-electron chi connectivity index (χ3n) is 4.36. The summed E-state index contributed by atoms with van der Waals surface area (Å²) in [5, 5.41) is 1.30. The van der Waals surface area contributed by atoms with E-state index in [0.29, 0.717) is 34.8 Å². The lowest BCUT2D eigenvalue weighted by Gasteiger charge is -2.12. The number of methoxy groups -OCH3 is 1. The molecule has 0 aliphatic heterocycles. The van der Waals surface area contributed by atoms with Crippen LogP contribution in [0.5, 0.6) is 11.6 Å². The lowest BCUT2D eigenvalue weighted by atomic mass is 10.2. The van der Waals surface area contributed by atoms with Crippen LogP contribution in [0.15, 0.2) is 60.8 Å². The van der Waals surface area contributed by atoms with E-state index < -0.39 is 0 Å². The standard InChI is InChI=1S/C21H17Cl2N3O2/c1-27-21-9-7-16(11-24-21)28-13-20-25-18-4-2-3-5-19(18)26(20)12-14-10-15(22)6-8-17(14)23/h2-11H,12-13H2,1H3. The van der Waals surface area contributed by atoms with Crippen LogP contribution >= 0.6 is 23.2 Å². The lowest BCUT2D eigenvalue weighted by Crippen LogP contribution is -2.09. The van der Waals surface area contributed by atoms with Crippen LogP contribution in [-0.2, 0) is 13.2 Å². The van der Waals surface area contributed by atoms with Crippen molar-refractivity contribution in [3.05, 3.63) is 82.2 Å². The summed E-state index contributed by atoms with van der Waals surface area (Å²) in [5.41, 5.74) is 2.82. The van der Waals surface area contributed by atoms with E-state index in [4.69, 9.17) is 37.7 Å². The minimum absolute atomic E-state index is 0.293. The summed E-state index contributed by atoms with van der Waals surface area (Å²) in [7, 11) is 1.58. The van der Waals surface area contributed by atoms with Crippen molar-refractivity contribution in [1.29, 1.82) is 0 Å². The molecule has 0 radical (unpaired) electrons. The molecule has 0 bridgehead atoms. The van der Waals surface area contributed by atoms with Crippen molar-refractivity contribution in [3.8, 4) is 11.6 Å². The Balaban J connectivity index is 1.65. The number of nitrogens with zero attached hydrogens (tertiary/aromatic N) is 3. The molecule has 0 spiro atoms. The van der Waals surface area contributed by atoms with Crippen molar-refractivity contribution in [3.63, 3.8) is 0 Å². The van der Waals surface area contributed by atoms with Crippen molar-refractivity contribution in [2.24, 2.45) is 0 Å². The zero-order chi connectivity index (χ0) is 19.5. The van der Waals surface area contributed by atoms with Crippen molar-refractivity contribution in [2.45, 2.75) is 13.2 Å². The van der Waals surface area contributed by atoms with Crippen LogP contribution in [0.3, 0.4) is 0 Å². The summed E-state index contributed by atoms with van der Waals surface area (Å²) in [6.07, 6.45) is 1.62. The minimum atomic E-state index is 0.293. The molecule has 28 heavy (non-hydrogen) atoms. The van der Waals surface area contributed by atoms with Gasteiger partial charge in [-0.3, -0.25) is 0 Å². The predicted molar refractivity (Wildman–Crippen MR) is 110 cm³/mol. The highest BCUT2D eigenvalue weighted by Crippen LogP contribution is 2.25. The van der Waals surface area contributed by atoms with E-state index in [0.717, 1.165) is 22.4 Å². The third kappa shape index (κ3) is 3.91. The summed E-state index contributed by atoms with van der Waals surface area (Å²) in [4.78, 5) is 8.88. The Morgan fingerprint density at radius 2 is 1.89 bits per heavy atom. The van der Waals surface area contributed by atoms with E-state index in [9.17, 15) is 0 Å². The maximum atomic E-state index is 6.37. The summed E-state index contributed by atoms with van der Waals surface area (Å²) >= 11 is 12.5. The Labute approximate surface area is 172 Å². The fourth-order valence-corrected chi connectivity index (χ4v) is 3.34. The zero-order valence-corrected chi connectivity index (χ0v) is 16.6. The van der Waals surface area contributed by atoms with Gasteiger partial charge < -0.3 is 14.0 Å². The maximum Gasteiger partial charge on any atom is 0.213 e.